The number of carboxylic acids is 1. The standard InChI is InChI=1S/C29H34N2O5.C8H9NO/c1-19(2)28(31-26(33)18-21-12-13-22-10-6-7-11-23(22)16-21)29(36)30-24(25(32)14-15-27(34)35)17-20-8-4-3-5-9-20;9-8(10)6-7-4-2-1-3-5-7/h3-13,16,19,24-25,28,32H,14-15,17-18H2,1-2H3,(H,30,36)(H,31,33)(H,34,35);1-5H,6H2,(H2,9,10). The van der Waals surface area contributed by atoms with Crippen LogP contribution in [0.15, 0.2) is 103 Å². The zero-order valence-electron chi connectivity index (χ0n) is 26.3. The number of primary amides is 1. The fourth-order valence-electron chi connectivity index (χ4n) is 4.99. The van der Waals surface area contributed by atoms with Crippen LogP contribution in [0, 0.1) is 5.92 Å². The Balaban J connectivity index is 0.000000489. The fraction of sp³-hybridized carbons (Fsp3) is 0.297. The minimum absolute atomic E-state index is 0.00772. The van der Waals surface area contributed by atoms with Gasteiger partial charge in [-0.1, -0.05) is 117 Å². The molecule has 3 atom stereocenters. The van der Waals surface area contributed by atoms with Gasteiger partial charge in [0.05, 0.1) is 25.0 Å². The first-order valence-corrected chi connectivity index (χ1v) is 15.3. The summed E-state index contributed by atoms with van der Waals surface area (Å²) in [6.07, 6.45) is -0.446. The molecular formula is C37H43N3O6. The number of aliphatic carboxylic acids is 1. The molecule has 0 aliphatic rings. The molecular weight excluding hydrogens is 582 g/mol. The summed E-state index contributed by atoms with van der Waals surface area (Å²) in [5, 5.41) is 27.5. The molecule has 6 N–H and O–H groups in total. The van der Waals surface area contributed by atoms with E-state index in [1.54, 1.807) is 0 Å². The predicted molar refractivity (Wildman–Crippen MR) is 179 cm³/mol. The molecule has 4 rings (SSSR count). The van der Waals surface area contributed by atoms with E-state index in [0.29, 0.717) is 12.8 Å². The zero-order chi connectivity index (χ0) is 33.5. The summed E-state index contributed by atoms with van der Waals surface area (Å²) in [5.41, 5.74) is 7.70. The number of nitrogens with one attached hydrogen (secondary N) is 2. The van der Waals surface area contributed by atoms with Crippen LogP contribution in [0.1, 0.15) is 43.4 Å². The van der Waals surface area contributed by atoms with Crippen molar-refractivity contribution in [1.82, 2.24) is 10.6 Å². The Kier molecular flexibility index (Phi) is 13.9. The van der Waals surface area contributed by atoms with Crippen LogP contribution in [0.2, 0.25) is 0 Å². The quantitative estimate of drug-likeness (QED) is 0.141. The maximum Gasteiger partial charge on any atom is 0.303 e. The van der Waals surface area contributed by atoms with Crippen LogP contribution < -0.4 is 16.4 Å². The van der Waals surface area contributed by atoms with Crippen molar-refractivity contribution in [1.29, 1.82) is 0 Å². The lowest BCUT2D eigenvalue weighted by Crippen LogP contribution is -2.55. The largest absolute Gasteiger partial charge is 0.481 e. The Bertz CT molecular complexity index is 1580. The molecule has 3 amide bonds. The van der Waals surface area contributed by atoms with Gasteiger partial charge in [-0.3, -0.25) is 19.2 Å². The van der Waals surface area contributed by atoms with E-state index in [4.69, 9.17) is 10.8 Å². The number of hydrogen-bond donors (Lipinski definition) is 5. The van der Waals surface area contributed by atoms with E-state index in [2.05, 4.69) is 10.6 Å². The molecule has 0 saturated carbocycles. The van der Waals surface area contributed by atoms with E-state index in [1.807, 2.05) is 117 Å². The molecule has 3 unspecified atom stereocenters. The van der Waals surface area contributed by atoms with E-state index >= 15 is 0 Å². The van der Waals surface area contributed by atoms with Gasteiger partial charge in [-0.05, 0) is 46.2 Å². The van der Waals surface area contributed by atoms with Gasteiger partial charge in [-0.15, -0.1) is 0 Å². The molecule has 9 heteroatoms. The molecule has 0 aliphatic carbocycles. The van der Waals surface area contributed by atoms with Crippen molar-refractivity contribution >= 4 is 34.5 Å². The lowest BCUT2D eigenvalue weighted by Gasteiger charge is -2.28. The highest BCUT2D eigenvalue weighted by molar-refractivity contribution is 5.90. The number of amides is 3. The minimum Gasteiger partial charge on any atom is -0.481 e. The van der Waals surface area contributed by atoms with Crippen molar-refractivity contribution in [3.63, 3.8) is 0 Å². The molecule has 0 heterocycles. The molecule has 9 nitrogen and oxygen atoms in total. The van der Waals surface area contributed by atoms with Gasteiger partial charge in [-0.2, -0.15) is 0 Å². The highest BCUT2D eigenvalue weighted by atomic mass is 16.4. The van der Waals surface area contributed by atoms with Crippen molar-refractivity contribution in [3.05, 3.63) is 120 Å². The number of benzene rings is 4. The van der Waals surface area contributed by atoms with Crippen LogP contribution >= 0.6 is 0 Å². The third kappa shape index (κ3) is 12.2. The normalized spacial score (nSPS) is 12.7. The first kappa shape index (κ1) is 35.5. The smallest absolute Gasteiger partial charge is 0.303 e. The maximum absolute atomic E-state index is 13.2. The number of carbonyl (C=O) groups is 4. The lowest BCUT2D eigenvalue weighted by atomic mass is 9.96. The topological polar surface area (TPSA) is 159 Å². The summed E-state index contributed by atoms with van der Waals surface area (Å²) < 4.78 is 0. The van der Waals surface area contributed by atoms with Crippen LogP contribution in [-0.4, -0.2) is 52.1 Å². The number of carboxylic acid groups (broad SMARTS) is 1. The Morgan fingerprint density at radius 1 is 0.717 bits per heavy atom. The molecule has 0 radical (unpaired) electrons. The third-order valence-corrected chi connectivity index (χ3v) is 7.41. The summed E-state index contributed by atoms with van der Waals surface area (Å²) in [4.78, 5) is 47.5. The lowest BCUT2D eigenvalue weighted by molar-refractivity contribution is -0.137. The van der Waals surface area contributed by atoms with Crippen molar-refractivity contribution in [2.24, 2.45) is 11.7 Å². The Labute approximate surface area is 269 Å². The van der Waals surface area contributed by atoms with Crippen LogP contribution in [0.3, 0.4) is 0 Å². The molecule has 46 heavy (non-hydrogen) atoms. The van der Waals surface area contributed by atoms with Crippen molar-refractivity contribution < 1.29 is 29.4 Å². The van der Waals surface area contributed by atoms with E-state index in [9.17, 15) is 24.3 Å². The zero-order valence-corrected chi connectivity index (χ0v) is 26.3. The first-order valence-electron chi connectivity index (χ1n) is 15.3. The Morgan fingerprint density at radius 3 is 1.89 bits per heavy atom. The number of aliphatic hydroxyl groups is 1. The highest BCUT2D eigenvalue weighted by Gasteiger charge is 2.29. The number of rotatable bonds is 14. The van der Waals surface area contributed by atoms with Gasteiger partial charge in [0.25, 0.3) is 0 Å². The molecule has 4 aromatic rings. The second-order valence-corrected chi connectivity index (χ2v) is 11.6. The maximum atomic E-state index is 13.2. The van der Waals surface area contributed by atoms with Gasteiger partial charge in [0.1, 0.15) is 6.04 Å². The predicted octanol–water partition coefficient (Wildman–Crippen LogP) is 4.19. The molecule has 242 valence electrons. The van der Waals surface area contributed by atoms with Crippen LogP contribution in [0.5, 0.6) is 0 Å². The third-order valence-electron chi connectivity index (χ3n) is 7.41. The van der Waals surface area contributed by atoms with Gasteiger partial charge in [0.2, 0.25) is 17.7 Å². The van der Waals surface area contributed by atoms with Gasteiger partial charge in [0, 0.05) is 6.42 Å². The number of aliphatic hydroxyl groups excluding tert-OH is 1. The molecule has 4 aromatic carbocycles. The molecule has 0 saturated heterocycles. The van der Waals surface area contributed by atoms with Gasteiger partial charge in [-0.25, -0.2) is 0 Å². The van der Waals surface area contributed by atoms with Gasteiger partial charge >= 0.3 is 5.97 Å². The van der Waals surface area contributed by atoms with Crippen molar-refractivity contribution in [3.8, 4) is 0 Å². The van der Waals surface area contributed by atoms with Crippen LogP contribution in [0.25, 0.3) is 10.8 Å². The van der Waals surface area contributed by atoms with E-state index in [0.717, 1.165) is 27.5 Å². The second kappa shape index (κ2) is 18.1. The SMILES string of the molecule is CC(C)C(NC(=O)Cc1ccc2ccccc2c1)C(=O)NC(Cc1ccccc1)C(O)CCC(=O)O.NC(=O)Cc1ccccc1. The number of nitrogens with two attached hydrogens (primary N) is 1. The summed E-state index contributed by atoms with van der Waals surface area (Å²) in [7, 11) is 0. The monoisotopic (exact) mass is 625 g/mol. The fourth-order valence-corrected chi connectivity index (χ4v) is 4.99. The summed E-state index contributed by atoms with van der Waals surface area (Å²) in [6, 6.07) is 31.1. The molecule has 0 aliphatic heterocycles. The van der Waals surface area contributed by atoms with Crippen molar-refractivity contribution in [2.45, 2.75) is 64.1 Å². The van der Waals surface area contributed by atoms with Crippen LogP contribution in [0.4, 0.5) is 0 Å². The van der Waals surface area contributed by atoms with E-state index < -0.39 is 30.1 Å². The highest BCUT2D eigenvalue weighted by Crippen LogP contribution is 2.17. The van der Waals surface area contributed by atoms with E-state index in [-0.39, 0.29) is 37.0 Å². The summed E-state index contributed by atoms with van der Waals surface area (Å²) in [6.45, 7) is 3.68. The molecule has 0 aromatic heterocycles. The number of carbonyl (C=O) groups excluding carboxylic acids is 3. The van der Waals surface area contributed by atoms with Crippen molar-refractivity contribution in [2.75, 3.05) is 0 Å². The average Bonchev–Trinajstić information content (AvgIpc) is 3.03. The first-order chi connectivity index (χ1) is 22.0. The summed E-state index contributed by atoms with van der Waals surface area (Å²) in [5.74, 6) is -2.18. The summed E-state index contributed by atoms with van der Waals surface area (Å²) >= 11 is 0. The molecule has 0 fully saturated rings. The average molecular weight is 626 g/mol. The van der Waals surface area contributed by atoms with Gasteiger partial charge < -0.3 is 26.6 Å². The number of hydrogen-bond acceptors (Lipinski definition) is 5. The number of fused-ring (bicyclic) bond motifs is 1. The van der Waals surface area contributed by atoms with Gasteiger partial charge in [0.15, 0.2) is 0 Å². The minimum atomic E-state index is -1.05. The Hall–Kier alpha value is -5.02. The van der Waals surface area contributed by atoms with E-state index in [1.165, 1.54) is 0 Å². The second-order valence-electron chi connectivity index (χ2n) is 11.6. The Morgan fingerprint density at radius 2 is 1.30 bits per heavy atom. The molecule has 0 spiro atoms. The van der Waals surface area contributed by atoms with Crippen LogP contribution in [-0.2, 0) is 38.4 Å². The molecule has 0 bridgehead atoms.